The van der Waals surface area contributed by atoms with Crippen LogP contribution in [-0.2, 0) is 0 Å². The topological polar surface area (TPSA) is 33.5 Å². The molecule has 0 saturated heterocycles. The molecule has 0 N–H and O–H groups in total. The summed E-state index contributed by atoms with van der Waals surface area (Å²) in [6, 6.07) is 46.2. The van der Waals surface area contributed by atoms with Gasteiger partial charge in [0.15, 0.2) is 12.0 Å². The maximum atomic E-state index is 11.1. The van der Waals surface area contributed by atoms with Crippen LogP contribution in [0.3, 0.4) is 0 Å². The first-order valence-electron chi connectivity index (χ1n) is 12.8. The van der Waals surface area contributed by atoms with E-state index in [0.717, 1.165) is 28.9 Å². The number of hydrogen-bond acceptors (Lipinski definition) is 4. The normalized spacial score (nSPS) is 11.2. The number of benzene rings is 5. The van der Waals surface area contributed by atoms with E-state index >= 15 is 0 Å². The van der Waals surface area contributed by atoms with Crippen molar-refractivity contribution in [1.29, 1.82) is 0 Å². The monoisotopic (exact) mass is 521 g/mol. The lowest BCUT2D eigenvalue weighted by atomic mass is 10.0. The van der Waals surface area contributed by atoms with Crippen LogP contribution in [0.4, 0.5) is 17.1 Å². The van der Waals surface area contributed by atoms with Crippen molar-refractivity contribution in [1.82, 2.24) is 0 Å². The molecule has 39 heavy (non-hydrogen) atoms. The second-order valence-electron chi connectivity index (χ2n) is 9.40. The largest absolute Gasteiger partial charge is 0.453 e. The Morgan fingerprint density at radius 3 is 1.67 bits per heavy atom. The predicted octanol–water partition coefficient (Wildman–Crippen LogP) is 10.3. The zero-order valence-electron chi connectivity index (χ0n) is 21.0. The third-order valence-corrected chi connectivity index (χ3v) is 8.14. The van der Waals surface area contributed by atoms with Crippen LogP contribution in [0.25, 0.3) is 42.6 Å². The molecule has 7 rings (SSSR count). The Kier molecular flexibility index (Phi) is 5.80. The number of fused-ring (bicyclic) bond motifs is 3. The number of para-hydroxylation sites is 2. The molecule has 0 spiro atoms. The standard InChI is InChI=1S/C35H23NO2S/c37-23-30-17-18-33(38-30)26-14-20-35-32(22-26)31-21-25(13-19-34(31)39-35)24-11-15-29(16-12-24)36(27-7-3-1-4-8-27)28-9-5-2-6-10-28/h1-23H. The average Bonchev–Trinajstić information content (AvgIpc) is 3.63. The summed E-state index contributed by atoms with van der Waals surface area (Å²) in [6.45, 7) is 0. The van der Waals surface area contributed by atoms with Crippen LogP contribution in [-0.4, -0.2) is 6.29 Å². The molecule has 0 aliphatic rings. The molecule has 2 heterocycles. The number of carbonyl (C=O) groups excluding carboxylic acids is 1. The molecular weight excluding hydrogens is 498 g/mol. The van der Waals surface area contributed by atoms with E-state index in [9.17, 15) is 4.79 Å². The van der Waals surface area contributed by atoms with Crippen molar-refractivity contribution in [2.75, 3.05) is 4.90 Å². The van der Waals surface area contributed by atoms with Gasteiger partial charge in [-0.3, -0.25) is 4.79 Å². The summed E-state index contributed by atoms with van der Waals surface area (Å²) in [4.78, 5) is 13.3. The first kappa shape index (κ1) is 23.2. The second kappa shape index (κ2) is 9.75. The molecule has 0 aliphatic carbocycles. The molecule has 3 nitrogen and oxygen atoms in total. The van der Waals surface area contributed by atoms with Gasteiger partial charge in [0.1, 0.15) is 5.76 Å². The molecule has 0 aliphatic heterocycles. The van der Waals surface area contributed by atoms with Crippen LogP contribution in [0.1, 0.15) is 10.6 Å². The number of carbonyl (C=O) groups is 1. The van der Waals surface area contributed by atoms with E-state index < -0.39 is 0 Å². The van der Waals surface area contributed by atoms with Crippen molar-refractivity contribution in [3.05, 3.63) is 139 Å². The lowest BCUT2D eigenvalue weighted by molar-refractivity contribution is 0.110. The van der Waals surface area contributed by atoms with E-state index in [1.165, 1.54) is 31.3 Å². The summed E-state index contributed by atoms with van der Waals surface area (Å²) < 4.78 is 8.15. The van der Waals surface area contributed by atoms with Gasteiger partial charge in [-0.25, -0.2) is 0 Å². The van der Waals surface area contributed by atoms with E-state index in [-0.39, 0.29) is 0 Å². The first-order valence-corrected chi connectivity index (χ1v) is 13.6. The molecule has 0 unspecified atom stereocenters. The summed E-state index contributed by atoms with van der Waals surface area (Å²) in [5.41, 5.74) is 6.65. The SMILES string of the molecule is O=Cc1ccc(-c2ccc3sc4ccc(-c5ccc(N(c6ccccc6)c6ccccc6)cc5)cc4c3c2)o1. The number of nitrogens with zero attached hydrogens (tertiary/aromatic N) is 1. The quantitative estimate of drug-likeness (QED) is 0.204. The van der Waals surface area contributed by atoms with Gasteiger partial charge in [-0.2, -0.15) is 0 Å². The molecule has 0 bridgehead atoms. The van der Waals surface area contributed by atoms with Crippen molar-refractivity contribution in [3.63, 3.8) is 0 Å². The zero-order chi connectivity index (χ0) is 26.2. The van der Waals surface area contributed by atoms with Gasteiger partial charge >= 0.3 is 0 Å². The fraction of sp³-hybridized carbons (Fsp3) is 0. The highest BCUT2D eigenvalue weighted by Crippen LogP contribution is 2.40. The Hall–Kier alpha value is -4.93. The van der Waals surface area contributed by atoms with Crippen LogP contribution in [0.15, 0.2) is 138 Å². The van der Waals surface area contributed by atoms with Gasteiger partial charge in [0.05, 0.1) is 0 Å². The molecule has 0 radical (unpaired) electrons. The molecular formula is C35H23NO2S. The molecule has 0 amide bonds. The fourth-order valence-corrected chi connectivity index (χ4v) is 6.15. The third-order valence-electron chi connectivity index (χ3n) is 6.98. The van der Waals surface area contributed by atoms with E-state index in [4.69, 9.17) is 4.42 Å². The molecule has 0 saturated carbocycles. The number of rotatable bonds is 6. The molecule has 186 valence electrons. The first-order chi connectivity index (χ1) is 19.3. The van der Waals surface area contributed by atoms with E-state index in [2.05, 4.69) is 114 Å². The summed E-state index contributed by atoms with van der Waals surface area (Å²) in [5.74, 6) is 1.04. The summed E-state index contributed by atoms with van der Waals surface area (Å²) in [6.07, 6.45) is 0.735. The van der Waals surface area contributed by atoms with Gasteiger partial charge in [0, 0.05) is 42.8 Å². The maximum absolute atomic E-state index is 11.1. The van der Waals surface area contributed by atoms with E-state index in [1.807, 2.05) is 18.2 Å². The Labute approximate surface area is 230 Å². The molecule has 5 aromatic carbocycles. The van der Waals surface area contributed by atoms with Crippen LogP contribution in [0, 0.1) is 0 Å². The van der Waals surface area contributed by atoms with Crippen molar-refractivity contribution in [2.45, 2.75) is 0 Å². The van der Waals surface area contributed by atoms with Crippen LogP contribution in [0.5, 0.6) is 0 Å². The predicted molar refractivity (Wildman–Crippen MR) is 163 cm³/mol. The highest BCUT2D eigenvalue weighted by atomic mass is 32.1. The number of hydrogen-bond donors (Lipinski definition) is 0. The summed E-state index contributed by atoms with van der Waals surface area (Å²) in [5, 5.41) is 2.41. The van der Waals surface area contributed by atoms with Crippen LogP contribution >= 0.6 is 11.3 Å². The lowest BCUT2D eigenvalue weighted by Crippen LogP contribution is -2.09. The third kappa shape index (κ3) is 4.31. The Morgan fingerprint density at radius 1 is 0.538 bits per heavy atom. The highest BCUT2D eigenvalue weighted by Gasteiger charge is 2.13. The van der Waals surface area contributed by atoms with Crippen molar-refractivity contribution in [3.8, 4) is 22.5 Å². The average molecular weight is 522 g/mol. The van der Waals surface area contributed by atoms with E-state index in [0.29, 0.717) is 11.5 Å². The van der Waals surface area contributed by atoms with Gasteiger partial charge in [-0.15, -0.1) is 11.3 Å². The fourth-order valence-electron chi connectivity index (χ4n) is 5.09. The molecule has 2 aromatic heterocycles. The zero-order valence-corrected chi connectivity index (χ0v) is 21.8. The van der Waals surface area contributed by atoms with Gasteiger partial charge < -0.3 is 9.32 Å². The lowest BCUT2D eigenvalue weighted by Gasteiger charge is -2.25. The Bertz CT molecular complexity index is 1880. The number of furan rings is 1. The van der Waals surface area contributed by atoms with E-state index in [1.54, 1.807) is 17.4 Å². The van der Waals surface area contributed by atoms with Crippen LogP contribution in [0.2, 0.25) is 0 Å². The van der Waals surface area contributed by atoms with Gasteiger partial charge in [-0.05, 0) is 90.0 Å². The minimum Gasteiger partial charge on any atom is -0.453 e. The van der Waals surface area contributed by atoms with Gasteiger partial charge in [0.2, 0.25) is 0 Å². The van der Waals surface area contributed by atoms with Crippen molar-refractivity contribution >= 4 is 54.9 Å². The molecule has 7 aromatic rings. The van der Waals surface area contributed by atoms with Gasteiger partial charge in [-0.1, -0.05) is 54.6 Å². The summed E-state index contributed by atoms with van der Waals surface area (Å²) in [7, 11) is 0. The molecule has 0 fully saturated rings. The maximum Gasteiger partial charge on any atom is 0.185 e. The Morgan fingerprint density at radius 2 is 1.08 bits per heavy atom. The molecule has 4 heteroatoms. The van der Waals surface area contributed by atoms with Crippen LogP contribution < -0.4 is 4.90 Å². The Balaban J connectivity index is 1.27. The highest BCUT2D eigenvalue weighted by molar-refractivity contribution is 7.25. The molecule has 0 atom stereocenters. The van der Waals surface area contributed by atoms with Crippen molar-refractivity contribution < 1.29 is 9.21 Å². The van der Waals surface area contributed by atoms with Crippen molar-refractivity contribution in [2.24, 2.45) is 0 Å². The second-order valence-corrected chi connectivity index (χ2v) is 10.5. The number of thiophene rings is 1. The number of anilines is 3. The van der Waals surface area contributed by atoms with Gasteiger partial charge in [0.25, 0.3) is 0 Å². The minimum atomic E-state index is 0.337. The number of aldehydes is 1. The summed E-state index contributed by atoms with van der Waals surface area (Å²) >= 11 is 1.79. The minimum absolute atomic E-state index is 0.337. The smallest absolute Gasteiger partial charge is 0.185 e.